The van der Waals surface area contributed by atoms with Crippen LogP contribution in [-0.4, -0.2) is 28.2 Å². The summed E-state index contributed by atoms with van der Waals surface area (Å²) >= 11 is 0. The highest BCUT2D eigenvalue weighted by Crippen LogP contribution is 2.34. The molecule has 0 aliphatic rings. The van der Waals surface area contributed by atoms with E-state index in [2.05, 4.69) is 15.1 Å². The first-order valence-electron chi connectivity index (χ1n) is 8.94. The molecule has 7 nitrogen and oxygen atoms in total. The van der Waals surface area contributed by atoms with Crippen LogP contribution in [0.15, 0.2) is 57.5 Å². The first-order chi connectivity index (χ1) is 14.8. The smallest absolute Gasteiger partial charge is 0.416 e. The van der Waals surface area contributed by atoms with Crippen LogP contribution in [0.25, 0.3) is 34.2 Å². The van der Waals surface area contributed by atoms with E-state index in [1.165, 1.54) is 19.2 Å². The lowest BCUT2D eigenvalue weighted by atomic mass is 10.1. The molecular weight excluding hydrogens is 415 g/mol. The normalized spacial score (nSPS) is 11.5. The highest BCUT2D eigenvalue weighted by molar-refractivity contribution is 5.94. The number of hydrogen-bond donors (Lipinski definition) is 0. The molecule has 0 radical (unpaired) electrons. The number of oxazole rings is 1. The van der Waals surface area contributed by atoms with Gasteiger partial charge in [0.25, 0.3) is 0 Å². The van der Waals surface area contributed by atoms with Gasteiger partial charge in [-0.25, -0.2) is 9.78 Å². The van der Waals surface area contributed by atoms with E-state index in [4.69, 9.17) is 13.7 Å². The molecule has 0 spiro atoms. The molecule has 4 rings (SSSR count). The van der Waals surface area contributed by atoms with Gasteiger partial charge in [-0.15, -0.1) is 0 Å². The molecule has 10 heteroatoms. The Kier molecular flexibility index (Phi) is 5.05. The summed E-state index contributed by atoms with van der Waals surface area (Å²) in [7, 11) is 1.19. The molecule has 0 aliphatic carbocycles. The van der Waals surface area contributed by atoms with Gasteiger partial charge in [-0.1, -0.05) is 29.4 Å². The summed E-state index contributed by atoms with van der Waals surface area (Å²) in [6.07, 6.45) is -4.46. The molecule has 0 N–H and O–H groups in total. The van der Waals surface area contributed by atoms with E-state index in [1.54, 1.807) is 31.2 Å². The molecule has 158 valence electrons. The molecule has 2 heterocycles. The zero-order valence-electron chi connectivity index (χ0n) is 16.2. The van der Waals surface area contributed by atoms with Gasteiger partial charge in [0.05, 0.1) is 12.7 Å². The Hall–Kier alpha value is -3.95. The molecule has 2 aromatic carbocycles. The second kappa shape index (κ2) is 7.71. The molecule has 0 amide bonds. The first kappa shape index (κ1) is 20.3. The predicted octanol–water partition coefficient (Wildman–Crippen LogP) is 5.17. The Morgan fingerprint density at radius 3 is 2.10 bits per heavy atom. The summed E-state index contributed by atoms with van der Waals surface area (Å²) in [5, 5.41) is 3.84. The molecule has 4 aromatic rings. The second-order valence-corrected chi connectivity index (χ2v) is 6.48. The maximum atomic E-state index is 12.8. The molecule has 2 aromatic heterocycles. The van der Waals surface area contributed by atoms with Gasteiger partial charge in [0.2, 0.25) is 17.6 Å². The van der Waals surface area contributed by atoms with Gasteiger partial charge in [0, 0.05) is 23.6 Å². The maximum absolute atomic E-state index is 12.8. The van der Waals surface area contributed by atoms with Crippen molar-refractivity contribution in [2.45, 2.75) is 13.1 Å². The molecular formula is C21H14F3N3O4. The van der Waals surface area contributed by atoms with Gasteiger partial charge >= 0.3 is 12.1 Å². The lowest BCUT2D eigenvalue weighted by Crippen LogP contribution is -2.04. The summed E-state index contributed by atoms with van der Waals surface area (Å²) in [4.78, 5) is 20.5. The zero-order chi connectivity index (χ0) is 22.2. The number of benzene rings is 2. The van der Waals surface area contributed by atoms with Crippen LogP contribution in [0.3, 0.4) is 0 Å². The van der Waals surface area contributed by atoms with Crippen molar-refractivity contribution in [1.82, 2.24) is 15.1 Å². The third kappa shape index (κ3) is 4.04. The van der Waals surface area contributed by atoms with Crippen molar-refractivity contribution in [2.24, 2.45) is 0 Å². The van der Waals surface area contributed by atoms with Crippen molar-refractivity contribution < 1.29 is 31.6 Å². The van der Waals surface area contributed by atoms with E-state index in [0.29, 0.717) is 22.8 Å². The number of halogens is 3. The fraction of sp³-hybridized carbons (Fsp3) is 0.143. The first-order valence-corrected chi connectivity index (χ1v) is 8.94. The maximum Gasteiger partial charge on any atom is 0.416 e. The van der Waals surface area contributed by atoms with E-state index in [0.717, 1.165) is 12.1 Å². The summed E-state index contributed by atoms with van der Waals surface area (Å²) in [5.74, 6) is 0.193. The Bertz CT molecular complexity index is 1230. The third-order valence-electron chi connectivity index (χ3n) is 4.40. The largest absolute Gasteiger partial charge is 0.464 e. The molecule has 0 unspecified atom stereocenters. The average Bonchev–Trinajstić information content (AvgIpc) is 3.40. The Morgan fingerprint density at radius 2 is 1.55 bits per heavy atom. The van der Waals surface area contributed by atoms with Gasteiger partial charge in [0.15, 0.2) is 11.5 Å². The molecule has 0 fully saturated rings. The SMILES string of the molecule is COC(=O)c1nc(-c2ccc(C(F)(F)F)cc2)oc1-c1ccc(-c2noc(C)n2)cc1. The average molecular weight is 429 g/mol. The minimum Gasteiger partial charge on any atom is -0.464 e. The van der Waals surface area contributed by atoms with Crippen LogP contribution in [0.1, 0.15) is 21.9 Å². The van der Waals surface area contributed by atoms with Crippen molar-refractivity contribution >= 4 is 5.97 Å². The van der Waals surface area contributed by atoms with Gasteiger partial charge in [-0.2, -0.15) is 18.2 Å². The van der Waals surface area contributed by atoms with Crippen molar-refractivity contribution in [1.29, 1.82) is 0 Å². The number of aromatic nitrogens is 3. The van der Waals surface area contributed by atoms with Crippen LogP contribution in [0, 0.1) is 6.92 Å². The molecule has 31 heavy (non-hydrogen) atoms. The molecule has 0 bridgehead atoms. The Morgan fingerprint density at radius 1 is 0.935 bits per heavy atom. The summed E-state index contributed by atoms with van der Waals surface area (Å²) in [5.41, 5.74) is 0.574. The number of esters is 1. The van der Waals surface area contributed by atoms with E-state index < -0.39 is 17.7 Å². The quantitative estimate of drug-likeness (QED) is 0.413. The van der Waals surface area contributed by atoms with E-state index in [9.17, 15) is 18.0 Å². The summed E-state index contributed by atoms with van der Waals surface area (Å²) < 4.78 is 53.9. The number of carbonyl (C=O) groups excluding carboxylic acids is 1. The lowest BCUT2D eigenvalue weighted by molar-refractivity contribution is -0.137. The fourth-order valence-corrected chi connectivity index (χ4v) is 2.86. The van der Waals surface area contributed by atoms with Crippen molar-refractivity contribution in [3.8, 4) is 34.2 Å². The number of aryl methyl sites for hydroxylation is 1. The molecule has 0 aliphatic heterocycles. The third-order valence-corrected chi connectivity index (χ3v) is 4.40. The van der Waals surface area contributed by atoms with Crippen molar-refractivity contribution in [3.05, 3.63) is 65.7 Å². The number of alkyl halides is 3. The predicted molar refractivity (Wildman–Crippen MR) is 102 cm³/mol. The monoisotopic (exact) mass is 429 g/mol. The van der Waals surface area contributed by atoms with Gasteiger partial charge in [-0.05, 0) is 24.3 Å². The number of hydrogen-bond acceptors (Lipinski definition) is 7. The summed E-state index contributed by atoms with van der Waals surface area (Å²) in [6, 6.07) is 11.0. The van der Waals surface area contributed by atoms with Crippen molar-refractivity contribution in [3.63, 3.8) is 0 Å². The van der Waals surface area contributed by atoms with Gasteiger partial charge in [-0.3, -0.25) is 0 Å². The highest BCUT2D eigenvalue weighted by atomic mass is 19.4. The van der Waals surface area contributed by atoms with E-state index in [1.807, 2.05) is 0 Å². The minimum atomic E-state index is -4.46. The molecule has 0 saturated carbocycles. The summed E-state index contributed by atoms with van der Waals surface area (Å²) in [6.45, 7) is 1.67. The number of rotatable bonds is 4. The lowest BCUT2D eigenvalue weighted by Gasteiger charge is -2.06. The van der Waals surface area contributed by atoms with Crippen LogP contribution in [0.5, 0.6) is 0 Å². The highest BCUT2D eigenvalue weighted by Gasteiger charge is 2.30. The molecule has 0 saturated heterocycles. The Labute approximate surface area is 173 Å². The van der Waals surface area contributed by atoms with E-state index in [-0.39, 0.29) is 22.9 Å². The number of nitrogens with zero attached hydrogens (tertiary/aromatic N) is 3. The number of carbonyl (C=O) groups is 1. The molecule has 0 atom stereocenters. The van der Waals surface area contributed by atoms with Crippen LogP contribution in [-0.2, 0) is 10.9 Å². The van der Waals surface area contributed by atoms with E-state index >= 15 is 0 Å². The number of methoxy groups -OCH3 is 1. The van der Waals surface area contributed by atoms with Crippen molar-refractivity contribution in [2.75, 3.05) is 7.11 Å². The standard InChI is InChI=1S/C21H14F3N3O4/c1-11-25-18(27-31-11)13-5-3-12(4-6-13)17-16(20(28)29-2)26-19(30-17)14-7-9-15(10-8-14)21(22,23)24/h3-10H,1-2H3. The topological polar surface area (TPSA) is 91.2 Å². The van der Waals surface area contributed by atoms with Crippen LogP contribution >= 0.6 is 0 Å². The van der Waals surface area contributed by atoms with Crippen LogP contribution in [0.4, 0.5) is 13.2 Å². The number of ether oxygens (including phenoxy) is 1. The van der Waals surface area contributed by atoms with Gasteiger partial charge < -0.3 is 13.7 Å². The zero-order valence-corrected chi connectivity index (χ0v) is 16.2. The fourth-order valence-electron chi connectivity index (χ4n) is 2.86. The van der Waals surface area contributed by atoms with Gasteiger partial charge in [0.1, 0.15) is 0 Å². The Balaban J connectivity index is 1.72. The second-order valence-electron chi connectivity index (χ2n) is 6.48. The van der Waals surface area contributed by atoms with Crippen LogP contribution < -0.4 is 0 Å². The van der Waals surface area contributed by atoms with Crippen LogP contribution in [0.2, 0.25) is 0 Å². The minimum absolute atomic E-state index is 0.0120.